The average Bonchev–Trinajstić information content (AvgIpc) is 2.06. The Kier molecular flexibility index (Phi) is 2.32. The molecule has 0 aromatic carbocycles. The fourth-order valence-corrected chi connectivity index (χ4v) is 0.653. The van der Waals surface area contributed by atoms with Gasteiger partial charge in [0.05, 0.1) is 10.8 Å². The van der Waals surface area contributed by atoms with Crippen LogP contribution in [0.25, 0.3) is 0 Å². The van der Waals surface area contributed by atoms with Crippen molar-refractivity contribution < 1.29 is 4.79 Å². The number of hydrogen-bond acceptors (Lipinski definition) is 4. The fraction of sp³-hybridized carbons (Fsp3) is 0. The maximum Gasteiger partial charge on any atom is 0.250 e. The molecule has 12 heavy (non-hydrogen) atoms. The summed E-state index contributed by atoms with van der Waals surface area (Å²) in [6.07, 6.45) is 1.26. The van der Waals surface area contributed by atoms with Crippen LogP contribution in [-0.4, -0.2) is 10.9 Å². The number of carbonyl (C=O) groups excluding carboxylic acids is 1. The van der Waals surface area contributed by atoms with Crippen LogP contribution in [0.4, 0.5) is 5.82 Å². The first-order valence-corrected chi connectivity index (χ1v) is 3.08. The summed E-state index contributed by atoms with van der Waals surface area (Å²) in [5.41, 5.74) is 7.32. The number of nitrogens with one attached hydrogen (secondary N) is 1. The van der Waals surface area contributed by atoms with Gasteiger partial charge in [-0.3, -0.25) is 4.79 Å². The van der Waals surface area contributed by atoms with Crippen LogP contribution in [0.1, 0.15) is 10.4 Å². The highest BCUT2D eigenvalue weighted by atomic mass is 16.3. The second-order valence-electron chi connectivity index (χ2n) is 2.00. The fourth-order valence-electron chi connectivity index (χ4n) is 0.653. The molecule has 6 nitrogen and oxygen atoms in total. The lowest BCUT2D eigenvalue weighted by Gasteiger charge is -1.96. The topological polar surface area (TPSA) is 97.4 Å². The van der Waals surface area contributed by atoms with E-state index in [2.05, 4.69) is 15.7 Å². The largest absolute Gasteiger partial charge is 0.366 e. The first-order chi connectivity index (χ1) is 5.74. The van der Waals surface area contributed by atoms with E-state index in [1.54, 1.807) is 0 Å². The molecule has 0 aliphatic heterocycles. The molecule has 0 aliphatic rings. The number of nitrogens with two attached hydrogens (primary N) is 1. The lowest BCUT2D eigenvalue weighted by atomic mass is 10.3. The van der Waals surface area contributed by atoms with Gasteiger partial charge < -0.3 is 5.73 Å². The van der Waals surface area contributed by atoms with Crippen LogP contribution < -0.4 is 11.2 Å². The first kappa shape index (κ1) is 8.12. The van der Waals surface area contributed by atoms with Crippen LogP contribution in [0.3, 0.4) is 0 Å². The van der Waals surface area contributed by atoms with Crippen molar-refractivity contribution >= 4 is 11.7 Å². The van der Waals surface area contributed by atoms with Crippen molar-refractivity contribution in [3.8, 4) is 0 Å². The lowest BCUT2D eigenvalue weighted by molar-refractivity contribution is 0.1000. The van der Waals surface area contributed by atoms with Crippen molar-refractivity contribution in [3.63, 3.8) is 0 Å². The van der Waals surface area contributed by atoms with E-state index in [1.165, 1.54) is 18.3 Å². The van der Waals surface area contributed by atoms with E-state index in [0.29, 0.717) is 0 Å². The Labute approximate surface area is 67.7 Å². The predicted molar refractivity (Wildman–Crippen MR) is 42.2 cm³/mol. The Morgan fingerprint density at radius 1 is 1.58 bits per heavy atom. The van der Waals surface area contributed by atoms with E-state index >= 15 is 0 Å². The zero-order chi connectivity index (χ0) is 8.97. The maximum absolute atomic E-state index is 10.5. The summed E-state index contributed by atoms with van der Waals surface area (Å²) in [6.45, 7) is 0. The van der Waals surface area contributed by atoms with E-state index < -0.39 is 5.91 Å². The maximum atomic E-state index is 10.5. The zero-order valence-corrected chi connectivity index (χ0v) is 6.02. The number of carbonyl (C=O) groups is 1. The van der Waals surface area contributed by atoms with Gasteiger partial charge in [0.1, 0.15) is 5.82 Å². The molecular formula is C6H6N4O2. The molecule has 0 atom stereocenters. The van der Waals surface area contributed by atoms with Gasteiger partial charge in [0.2, 0.25) is 5.91 Å². The summed E-state index contributed by atoms with van der Waals surface area (Å²) in [4.78, 5) is 23.9. The van der Waals surface area contributed by atoms with Gasteiger partial charge in [0.25, 0.3) is 0 Å². The zero-order valence-electron chi connectivity index (χ0n) is 6.02. The minimum Gasteiger partial charge on any atom is -0.366 e. The van der Waals surface area contributed by atoms with Crippen molar-refractivity contribution in [3.05, 3.63) is 28.8 Å². The second-order valence-corrected chi connectivity index (χ2v) is 2.00. The van der Waals surface area contributed by atoms with Crippen molar-refractivity contribution in [2.24, 2.45) is 11.0 Å². The molecule has 3 N–H and O–H groups in total. The molecule has 0 saturated heterocycles. The van der Waals surface area contributed by atoms with Crippen LogP contribution in [0.15, 0.2) is 23.6 Å². The molecule has 0 fully saturated rings. The predicted octanol–water partition coefficient (Wildman–Crippen LogP) is 0.274. The molecule has 0 saturated carbocycles. The average molecular weight is 166 g/mol. The molecule has 1 rings (SSSR count). The monoisotopic (exact) mass is 166 g/mol. The number of anilines is 1. The summed E-state index contributed by atoms with van der Waals surface area (Å²) in [5, 5.41) is 2.40. The van der Waals surface area contributed by atoms with Gasteiger partial charge >= 0.3 is 0 Å². The highest BCUT2D eigenvalue weighted by Crippen LogP contribution is 2.03. The molecule has 62 valence electrons. The van der Waals surface area contributed by atoms with E-state index in [1.807, 2.05) is 0 Å². The Balaban J connectivity index is 2.85. The lowest BCUT2D eigenvalue weighted by Crippen LogP contribution is -2.11. The Bertz CT molecular complexity index is 295. The number of primary amides is 1. The molecule has 0 bridgehead atoms. The molecule has 1 aromatic rings. The van der Waals surface area contributed by atoms with Gasteiger partial charge in [-0.1, -0.05) is 0 Å². The van der Waals surface area contributed by atoms with Crippen LogP contribution in [0.5, 0.6) is 0 Å². The normalized spacial score (nSPS) is 9.00. The van der Waals surface area contributed by atoms with Crippen molar-refractivity contribution in [1.29, 1.82) is 0 Å². The van der Waals surface area contributed by atoms with E-state index in [9.17, 15) is 9.70 Å². The van der Waals surface area contributed by atoms with Crippen LogP contribution in [-0.2, 0) is 0 Å². The summed E-state index contributed by atoms with van der Waals surface area (Å²) in [7, 11) is 0. The number of pyridine rings is 1. The summed E-state index contributed by atoms with van der Waals surface area (Å²) < 4.78 is 0. The number of amides is 1. The van der Waals surface area contributed by atoms with Gasteiger partial charge in [0.15, 0.2) is 0 Å². The first-order valence-electron chi connectivity index (χ1n) is 3.08. The minimum atomic E-state index is -0.562. The smallest absolute Gasteiger partial charge is 0.250 e. The van der Waals surface area contributed by atoms with Gasteiger partial charge in [-0.25, -0.2) is 10.4 Å². The standard InChI is InChI=1S/C6H6N4O2/c7-6(11)4-1-2-5(8-3-4)9-10-12/h1-3H,(H2,7,11)(H,8,9,12). The second kappa shape index (κ2) is 3.42. The number of rotatable bonds is 3. The van der Waals surface area contributed by atoms with Gasteiger partial charge in [-0.15, -0.1) is 4.91 Å². The van der Waals surface area contributed by atoms with Crippen molar-refractivity contribution in [2.75, 3.05) is 5.43 Å². The van der Waals surface area contributed by atoms with Crippen molar-refractivity contribution in [2.45, 2.75) is 0 Å². The third-order valence-corrected chi connectivity index (χ3v) is 1.21. The highest BCUT2D eigenvalue weighted by molar-refractivity contribution is 5.92. The molecule has 0 radical (unpaired) electrons. The summed E-state index contributed by atoms with van der Waals surface area (Å²) in [6, 6.07) is 2.88. The Hall–Kier alpha value is -1.98. The van der Waals surface area contributed by atoms with Crippen LogP contribution in [0, 0.1) is 4.91 Å². The van der Waals surface area contributed by atoms with Crippen LogP contribution in [0.2, 0.25) is 0 Å². The summed E-state index contributed by atoms with van der Waals surface area (Å²) >= 11 is 0. The molecule has 0 unspecified atom stereocenters. The van der Waals surface area contributed by atoms with E-state index in [4.69, 9.17) is 5.73 Å². The molecule has 1 aromatic heterocycles. The number of nitrogens with zero attached hydrogens (tertiary/aromatic N) is 2. The van der Waals surface area contributed by atoms with Crippen LogP contribution >= 0.6 is 0 Å². The molecule has 0 aliphatic carbocycles. The number of aromatic nitrogens is 1. The SMILES string of the molecule is NC(=O)c1ccc(NN=O)nc1. The molecule has 0 spiro atoms. The molecule has 1 heterocycles. The molecular weight excluding hydrogens is 160 g/mol. The van der Waals surface area contributed by atoms with Gasteiger partial charge in [-0.2, -0.15) is 0 Å². The number of hydrogen-bond donors (Lipinski definition) is 2. The van der Waals surface area contributed by atoms with E-state index in [0.717, 1.165) is 0 Å². The highest BCUT2D eigenvalue weighted by Gasteiger charge is 1.99. The minimum absolute atomic E-state index is 0.273. The van der Waals surface area contributed by atoms with E-state index in [-0.39, 0.29) is 11.4 Å². The van der Waals surface area contributed by atoms with Gasteiger partial charge in [-0.05, 0) is 12.1 Å². The summed E-state index contributed by atoms with van der Waals surface area (Å²) in [5.74, 6) is -0.289. The third-order valence-electron chi connectivity index (χ3n) is 1.21. The van der Waals surface area contributed by atoms with Gasteiger partial charge in [0, 0.05) is 6.20 Å². The number of nitroso groups, excluding NO2 is 1. The Morgan fingerprint density at radius 2 is 2.33 bits per heavy atom. The van der Waals surface area contributed by atoms with Crippen molar-refractivity contribution in [1.82, 2.24) is 4.98 Å². The molecule has 6 heteroatoms. The quantitative estimate of drug-likeness (QED) is 0.497. The Morgan fingerprint density at radius 3 is 2.75 bits per heavy atom. The third kappa shape index (κ3) is 1.75. The molecule has 1 amide bonds.